The number of carbonyl (C=O) groups excluding carboxylic acids is 1. The fourth-order valence-corrected chi connectivity index (χ4v) is 3.74. The van der Waals surface area contributed by atoms with Crippen molar-refractivity contribution >= 4 is 33.7 Å². The zero-order chi connectivity index (χ0) is 22.7. The smallest absolute Gasteiger partial charge is 0.332 e. The molecule has 0 aliphatic carbocycles. The Balaban J connectivity index is 1.81. The van der Waals surface area contributed by atoms with Gasteiger partial charge in [-0.25, -0.2) is 4.79 Å². The van der Waals surface area contributed by atoms with E-state index < -0.39 is 17.2 Å². The topological polar surface area (TPSA) is 95.5 Å². The number of fused-ring (bicyclic) bond motifs is 3. The minimum absolute atomic E-state index is 0.0735. The molecule has 0 atom stereocenters. The van der Waals surface area contributed by atoms with E-state index in [1.807, 2.05) is 19.9 Å². The molecule has 4 rings (SSSR count). The molecule has 0 spiro atoms. The Hall–Kier alpha value is -3.81. The summed E-state index contributed by atoms with van der Waals surface area (Å²) in [6.07, 6.45) is 1.48. The molecule has 8 heteroatoms. The minimum atomic E-state index is -0.532. The molecular weight excluding hydrogens is 410 g/mol. The van der Waals surface area contributed by atoms with Crippen molar-refractivity contribution in [2.75, 3.05) is 11.9 Å². The summed E-state index contributed by atoms with van der Waals surface area (Å²) in [5.41, 5.74) is 0.396. The largest absolute Gasteiger partial charge is 0.492 e. The summed E-state index contributed by atoms with van der Waals surface area (Å²) in [6.45, 7) is 4.28. The number of anilines is 1. The Morgan fingerprint density at radius 2 is 1.78 bits per heavy atom. The van der Waals surface area contributed by atoms with Crippen LogP contribution in [0.4, 0.5) is 5.69 Å². The molecule has 0 unspecified atom stereocenters. The van der Waals surface area contributed by atoms with E-state index >= 15 is 0 Å². The third kappa shape index (κ3) is 3.91. The second-order valence-electron chi connectivity index (χ2n) is 7.43. The summed E-state index contributed by atoms with van der Waals surface area (Å²) in [5.74, 6) is 0.133. The highest BCUT2D eigenvalue weighted by atomic mass is 16.5. The lowest BCUT2D eigenvalue weighted by atomic mass is 10.2. The molecule has 0 radical (unpaired) electrons. The number of nitrogens with one attached hydrogen (secondary N) is 1. The van der Waals surface area contributed by atoms with Gasteiger partial charge in [0.1, 0.15) is 23.4 Å². The van der Waals surface area contributed by atoms with Crippen LogP contribution in [0.5, 0.6) is 5.75 Å². The second kappa shape index (κ2) is 9.13. The van der Waals surface area contributed by atoms with E-state index in [1.54, 1.807) is 42.5 Å². The molecule has 0 saturated carbocycles. The third-order valence-corrected chi connectivity index (χ3v) is 5.24. The SMILES string of the molecule is CCCCn1c(=O)c2oc3ccccc3c2n(CC(=O)Nc2ccccc2OCC)c1=O. The molecule has 0 aliphatic rings. The number of unbranched alkanes of at least 4 members (excludes halogenated alkanes) is 1. The Kier molecular flexibility index (Phi) is 6.11. The Bertz CT molecular complexity index is 1400. The van der Waals surface area contributed by atoms with Crippen molar-refractivity contribution in [1.82, 2.24) is 9.13 Å². The summed E-state index contributed by atoms with van der Waals surface area (Å²) in [6, 6.07) is 14.2. The van der Waals surface area contributed by atoms with Gasteiger partial charge in [0, 0.05) is 11.9 Å². The van der Waals surface area contributed by atoms with Gasteiger partial charge in [-0.2, -0.15) is 0 Å². The van der Waals surface area contributed by atoms with Gasteiger partial charge < -0.3 is 14.5 Å². The number of ether oxygens (including phenoxy) is 1. The van der Waals surface area contributed by atoms with Crippen LogP contribution in [-0.2, 0) is 17.9 Å². The molecule has 166 valence electrons. The molecule has 2 aromatic heterocycles. The monoisotopic (exact) mass is 435 g/mol. The molecule has 32 heavy (non-hydrogen) atoms. The fourth-order valence-electron chi connectivity index (χ4n) is 3.74. The molecular formula is C24H25N3O5. The predicted molar refractivity (Wildman–Crippen MR) is 123 cm³/mol. The van der Waals surface area contributed by atoms with Crippen molar-refractivity contribution in [3.63, 3.8) is 0 Å². The molecule has 2 aromatic carbocycles. The zero-order valence-electron chi connectivity index (χ0n) is 18.1. The maximum absolute atomic E-state index is 13.3. The lowest BCUT2D eigenvalue weighted by molar-refractivity contribution is -0.116. The number of para-hydroxylation sites is 3. The van der Waals surface area contributed by atoms with E-state index in [1.165, 1.54) is 4.57 Å². The zero-order valence-corrected chi connectivity index (χ0v) is 18.1. The molecule has 0 saturated heterocycles. The molecule has 8 nitrogen and oxygen atoms in total. The summed E-state index contributed by atoms with van der Waals surface area (Å²) < 4.78 is 13.8. The van der Waals surface area contributed by atoms with E-state index in [4.69, 9.17) is 9.15 Å². The van der Waals surface area contributed by atoms with Crippen LogP contribution in [0, 0.1) is 0 Å². The lowest BCUT2D eigenvalue weighted by Crippen LogP contribution is -2.41. The molecule has 1 amide bonds. The second-order valence-corrected chi connectivity index (χ2v) is 7.43. The van der Waals surface area contributed by atoms with Crippen LogP contribution in [-0.4, -0.2) is 21.6 Å². The van der Waals surface area contributed by atoms with Crippen LogP contribution < -0.4 is 21.3 Å². The lowest BCUT2D eigenvalue weighted by Gasteiger charge is -2.14. The molecule has 1 N–H and O–H groups in total. The molecule has 0 aliphatic heterocycles. The molecule has 4 aromatic rings. The third-order valence-electron chi connectivity index (χ3n) is 5.24. The maximum Gasteiger partial charge on any atom is 0.332 e. The number of furan rings is 1. The summed E-state index contributed by atoms with van der Waals surface area (Å²) in [5, 5.41) is 3.42. The summed E-state index contributed by atoms with van der Waals surface area (Å²) >= 11 is 0. The van der Waals surface area contributed by atoms with Gasteiger partial charge in [0.25, 0.3) is 5.56 Å². The average Bonchev–Trinajstić information content (AvgIpc) is 3.18. The standard InChI is InChI=1S/C24H25N3O5/c1-3-5-14-26-23(29)22-21(16-10-6-8-12-18(16)32-22)27(24(26)30)15-20(28)25-17-11-7-9-13-19(17)31-4-2/h6-13H,3-5,14-15H2,1-2H3,(H,25,28). The van der Waals surface area contributed by atoms with Crippen molar-refractivity contribution in [2.45, 2.75) is 39.8 Å². The summed E-state index contributed by atoms with van der Waals surface area (Å²) in [4.78, 5) is 39.3. The van der Waals surface area contributed by atoms with E-state index in [0.29, 0.717) is 41.0 Å². The van der Waals surface area contributed by atoms with Gasteiger partial charge in [0.05, 0.1) is 12.3 Å². The van der Waals surface area contributed by atoms with Crippen LogP contribution in [0.25, 0.3) is 22.1 Å². The number of hydrogen-bond acceptors (Lipinski definition) is 5. The van der Waals surface area contributed by atoms with Gasteiger partial charge in [-0.15, -0.1) is 0 Å². The molecule has 0 bridgehead atoms. The van der Waals surface area contributed by atoms with Crippen molar-refractivity contribution in [2.24, 2.45) is 0 Å². The number of nitrogens with zero attached hydrogens (tertiary/aromatic N) is 2. The van der Waals surface area contributed by atoms with Crippen molar-refractivity contribution in [1.29, 1.82) is 0 Å². The van der Waals surface area contributed by atoms with Crippen LogP contribution in [0.1, 0.15) is 26.7 Å². The Labute approximate surface area is 184 Å². The first-order valence-electron chi connectivity index (χ1n) is 10.7. The molecule has 2 heterocycles. The highest BCUT2D eigenvalue weighted by Crippen LogP contribution is 2.26. The quantitative estimate of drug-likeness (QED) is 0.455. The number of carbonyl (C=O) groups is 1. The highest BCUT2D eigenvalue weighted by molar-refractivity contribution is 6.03. The van der Waals surface area contributed by atoms with Gasteiger partial charge in [0.15, 0.2) is 0 Å². The van der Waals surface area contributed by atoms with Crippen molar-refractivity contribution in [3.05, 3.63) is 69.4 Å². The number of rotatable bonds is 8. The normalized spacial score (nSPS) is 11.2. The summed E-state index contributed by atoms with van der Waals surface area (Å²) in [7, 11) is 0. The first kappa shape index (κ1) is 21.4. The fraction of sp³-hybridized carbons (Fsp3) is 0.292. The van der Waals surface area contributed by atoms with Crippen LogP contribution in [0.3, 0.4) is 0 Å². The Morgan fingerprint density at radius 1 is 1.03 bits per heavy atom. The van der Waals surface area contributed by atoms with E-state index in [0.717, 1.165) is 11.0 Å². The van der Waals surface area contributed by atoms with Crippen molar-refractivity contribution < 1.29 is 13.9 Å². The maximum atomic E-state index is 13.3. The molecule has 0 fully saturated rings. The number of amides is 1. The number of benzene rings is 2. The van der Waals surface area contributed by atoms with Gasteiger partial charge >= 0.3 is 5.69 Å². The Morgan fingerprint density at radius 3 is 2.56 bits per heavy atom. The van der Waals surface area contributed by atoms with Crippen LogP contribution in [0.2, 0.25) is 0 Å². The minimum Gasteiger partial charge on any atom is -0.492 e. The first-order chi connectivity index (χ1) is 15.5. The highest BCUT2D eigenvalue weighted by Gasteiger charge is 2.21. The van der Waals surface area contributed by atoms with Crippen LogP contribution in [0.15, 0.2) is 62.5 Å². The predicted octanol–water partition coefficient (Wildman–Crippen LogP) is 3.75. The van der Waals surface area contributed by atoms with Crippen LogP contribution >= 0.6 is 0 Å². The van der Waals surface area contributed by atoms with Gasteiger partial charge in [0.2, 0.25) is 11.5 Å². The first-order valence-corrected chi connectivity index (χ1v) is 10.7. The van der Waals surface area contributed by atoms with Crippen molar-refractivity contribution in [3.8, 4) is 5.75 Å². The average molecular weight is 435 g/mol. The van der Waals surface area contributed by atoms with E-state index in [2.05, 4.69) is 5.32 Å². The van der Waals surface area contributed by atoms with E-state index in [9.17, 15) is 14.4 Å². The van der Waals surface area contributed by atoms with Gasteiger partial charge in [-0.3, -0.25) is 18.7 Å². The number of aromatic nitrogens is 2. The number of hydrogen-bond donors (Lipinski definition) is 1. The van der Waals surface area contributed by atoms with Gasteiger partial charge in [-0.1, -0.05) is 37.6 Å². The van der Waals surface area contributed by atoms with Gasteiger partial charge in [-0.05, 0) is 37.6 Å². The van der Waals surface area contributed by atoms with E-state index in [-0.39, 0.29) is 18.7 Å².